The number of nitrogens with zero attached hydrogens (tertiary/aromatic N) is 2. The topological polar surface area (TPSA) is 90.0 Å². The molecule has 1 aliphatic rings. The molecule has 0 bridgehead atoms. The Bertz CT molecular complexity index is 810. The molecule has 138 valence electrons. The van der Waals surface area contributed by atoms with Gasteiger partial charge >= 0.3 is 0 Å². The van der Waals surface area contributed by atoms with Crippen LogP contribution in [0.1, 0.15) is 48.3 Å². The van der Waals surface area contributed by atoms with Crippen molar-refractivity contribution in [1.29, 1.82) is 0 Å². The van der Waals surface area contributed by atoms with Crippen LogP contribution in [-0.2, 0) is 0 Å². The Morgan fingerprint density at radius 1 is 1.27 bits per heavy atom. The van der Waals surface area contributed by atoms with Crippen molar-refractivity contribution in [2.24, 2.45) is 11.7 Å². The Kier molecular flexibility index (Phi) is 5.83. The van der Waals surface area contributed by atoms with E-state index in [2.05, 4.69) is 10.4 Å². The first kappa shape index (κ1) is 18.3. The van der Waals surface area contributed by atoms with Crippen molar-refractivity contribution in [1.82, 2.24) is 15.1 Å². The van der Waals surface area contributed by atoms with Gasteiger partial charge in [-0.2, -0.15) is 5.10 Å². The summed E-state index contributed by atoms with van der Waals surface area (Å²) in [6.07, 6.45) is 5.71. The molecule has 1 atom stereocenters. The lowest BCUT2D eigenvalue weighted by Crippen LogP contribution is -2.47. The summed E-state index contributed by atoms with van der Waals surface area (Å²) in [4.78, 5) is 25.1. The van der Waals surface area contributed by atoms with Gasteiger partial charge in [-0.15, -0.1) is 0 Å². The minimum atomic E-state index is -0.444. The Hall–Kier alpha value is -2.47. The second kappa shape index (κ2) is 8.27. The summed E-state index contributed by atoms with van der Waals surface area (Å²) in [7, 11) is 0. The van der Waals surface area contributed by atoms with Crippen molar-refractivity contribution >= 4 is 5.91 Å². The maximum Gasteiger partial charge on any atom is 0.276 e. The average molecular weight is 354 g/mol. The lowest BCUT2D eigenvalue weighted by molar-refractivity contribution is 0.0907. The van der Waals surface area contributed by atoms with Crippen LogP contribution in [0.25, 0.3) is 5.69 Å². The lowest BCUT2D eigenvalue weighted by Gasteiger charge is -2.29. The standard InChI is InChI=1S/C20H26N4O2/c1-14-12-18(25)19(23-24(14)16-10-6-3-7-11-16)20(26)22-17(13-21)15-8-4-2-5-9-15/h3,6-7,10-12,15,17H,2,4-5,8-9,13,21H2,1H3,(H,22,26). The molecule has 2 aromatic rings. The lowest BCUT2D eigenvalue weighted by atomic mass is 9.84. The van der Waals surface area contributed by atoms with E-state index in [1.54, 1.807) is 11.6 Å². The van der Waals surface area contributed by atoms with E-state index in [4.69, 9.17) is 5.73 Å². The molecule has 0 aliphatic heterocycles. The number of aryl methyl sites for hydroxylation is 1. The SMILES string of the molecule is Cc1cc(=O)c(C(=O)NC(CN)C2CCCCC2)nn1-c1ccccc1. The highest BCUT2D eigenvalue weighted by atomic mass is 16.2. The number of hydrogen-bond acceptors (Lipinski definition) is 4. The fourth-order valence-electron chi connectivity index (χ4n) is 3.68. The number of amides is 1. The molecular weight excluding hydrogens is 328 g/mol. The number of para-hydroxylation sites is 1. The van der Waals surface area contributed by atoms with Crippen LogP contribution in [-0.4, -0.2) is 28.3 Å². The minimum Gasteiger partial charge on any atom is -0.346 e. The Morgan fingerprint density at radius 2 is 1.96 bits per heavy atom. The van der Waals surface area contributed by atoms with E-state index in [0.717, 1.165) is 18.5 Å². The van der Waals surface area contributed by atoms with Gasteiger partial charge in [-0.1, -0.05) is 37.5 Å². The first-order valence-electron chi connectivity index (χ1n) is 9.27. The fourth-order valence-corrected chi connectivity index (χ4v) is 3.68. The van der Waals surface area contributed by atoms with Crippen LogP contribution in [0.5, 0.6) is 0 Å². The smallest absolute Gasteiger partial charge is 0.276 e. The fraction of sp³-hybridized carbons (Fsp3) is 0.450. The molecule has 1 fully saturated rings. The van der Waals surface area contributed by atoms with Gasteiger partial charge in [-0.3, -0.25) is 9.59 Å². The molecule has 6 heteroatoms. The van der Waals surface area contributed by atoms with Gasteiger partial charge in [-0.25, -0.2) is 4.68 Å². The Balaban J connectivity index is 1.85. The molecule has 1 amide bonds. The van der Waals surface area contributed by atoms with Crippen LogP contribution >= 0.6 is 0 Å². The molecule has 1 heterocycles. The number of rotatable bonds is 5. The number of nitrogens with two attached hydrogens (primary N) is 1. The van der Waals surface area contributed by atoms with Crippen molar-refractivity contribution < 1.29 is 4.79 Å². The van der Waals surface area contributed by atoms with Crippen LogP contribution in [0.2, 0.25) is 0 Å². The largest absolute Gasteiger partial charge is 0.346 e. The third kappa shape index (κ3) is 4.02. The maximum atomic E-state index is 12.7. The maximum absolute atomic E-state index is 12.7. The van der Waals surface area contributed by atoms with Crippen molar-refractivity contribution in [3.05, 3.63) is 58.0 Å². The van der Waals surface area contributed by atoms with E-state index in [-0.39, 0.29) is 17.2 Å². The molecule has 1 unspecified atom stereocenters. The zero-order valence-electron chi connectivity index (χ0n) is 15.1. The molecule has 3 N–H and O–H groups in total. The summed E-state index contributed by atoms with van der Waals surface area (Å²) in [6, 6.07) is 10.8. The van der Waals surface area contributed by atoms with E-state index >= 15 is 0 Å². The van der Waals surface area contributed by atoms with Gasteiger partial charge in [0.15, 0.2) is 5.69 Å². The van der Waals surface area contributed by atoms with E-state index in [9.17, 15) is 9.59 Å². The molecule has 1 aromatic heterocycles. The van der Waals surface area contributed by atoms with E-state index < -0.39 is 5.91 Å². The van der Waals surface area contributed by atoms with Crippen LogP contribution in [0, 0.1) is 12.8 Å². The molecule has 6 nitrogen and oxygen atoms in total. The Morgan fingerprint density at radius 3 is 2.62 bits per heavy atom. The summed E-state index contributed by atoms with van der Waals surface area (Å²) < 4.78 is 1.62. The zero-order valence-corrected chi connectivity index (χ0v) is 15.1. The summed E-state index contributed by atoms with van der Waals surface area (Å²) in [5, 5.41) is 7.28. The molecule has 0 spiro atoms. The summed E-state index contributed by atoms with van der Waals surface area (Å²) in [5.74, 6) is -0.0693. The van der Waals surface area contributed by atoms with Gasteiger partial charge in [0.1, 0.15) is 0 Å². The highest BCUT2D eigenvalue weighted by Crippen LogP contribution is 2.26. The van der Waals surface area contributed by atoms with Crippen molar-refractivity contribution in [2.45, 2.75) is 45.1 Å². The van der Waals surface area contributed by atoms with Crippen LogP contribution in [0.3, 0.4) is 0 Å². The number of carbonyl (C=O) groups is 1. The second-order valence-corrected chi connectivity index (χ2v) is 6.96. The summed E-state index contributed by atoms with van der Waals surface area (Å²) in [5.41, 5.74) is 6.92. The normalized spacial score (nSPS) is 16.2. The van der Waals surface area contributed by atoms with Crippen molar-refractivity contribution in [2.75, 3.05) is 6.54 Å². The van der Waals surface area contributed by atoms with Gasteiger partial charge < -0.3 is 11.1 Å². The van der Waals surface area contributed by atoms with Crippen LogP contribution in [0.15, 0.2) is 41.2 Å². The number of carbonyl (C=O) groups excluding carboxylic acids is 1. The van der Waals surface area contributed by atoms with Crippen molar-refractivity contribution in [3.63, 3.8) is 0 Å². The first-order chi connectivity index (χ1) is 12.6. The molecule has 1 aromatic carbocycles. The van der Waals surface area contributed by atoms with Crippen LogP contribution in [0.4, 0.5) is 0 Å². The molecule has 0 radical (unpaired) electrons. The summed E-state index contributed by atoms with van der Waals surface area (Å²) in [6.45, 7) is 2.17. The number of hydrogen-bond donors (Lipinski definition) is 2. The number of nitrogens with one attached hydrogen (secondary N) is 1. The predicted molar refractivity (Wildman–Crippen MR) is 101 cm³/mol. The van der Waals surface area contributed by atoms with E-state index in [1.807, 2.05) is 30.3 Å². The zero-order chi connectivity index (χ0) is 18.5. The van der Waals surface area contributed by atoms with E-state index in [1.165, 1.54) is 25.3 Å². The predicted octanol–water partition coefficient (Wildman–Crippen LogP) is 2.18. The van der Waals surface area contributed by atoms with Gasteiger partial charge in [0.05, 0.1) is 5.69 Å². The molecule has 1 aliphatic carbocycles. The highest BCUT2D eigenvalue weighted by Gasteiger charge is 2.26. The number of benzene rings is 1. The van der Waals surface area contributed by atoms with Crippen molar-refractivity contribution in [3.8, 4) is 5.69 Å². The Labute approximate surface area is 153 Å². The summed E-state index contributed by atoms with van der Waals surface area (Å²) >= 11 is 0. The van der Waals surface area contributed by atoms with Gasteiger partial charge in [-0.05, 0) is 37.8 Å². The van der Waals surface area contributed by atoms with Crippen LogP contribution < -0.4 is 16.5 Å². The third-order valence-corrected chi connectivity index (χ3v) is 5.11. The average Bonchev–Trinajstić information content (AvgIpc) is 2.67. The van der Waals surface area contributed by atoms with Gasteiger partial charge in [0.25, 0.3) is 5.91 Å². The number of aromatic nitrogens is 2. The second-order valence-electron chi connectivity index (χ2n) is 6.96. The van der Waals surface area contributed by atoms with Gasteiger partial charge in [0, 0.05) is 24.3 Å². The first-order valence-corrected chi connectivity index (χ1v) is 9.27. The van der Waals surface area contributed by atoms with E-state index in [0.29, 0.717) is 18.2 Å². The van der Waals surface area contributed by atoms with Gasteiger partial charge in [0.2, 0.25) is 5.43 Å². The molecule has 1 saturated carbocycles. The monoisotopic (exact) mass is 354 g/mol. The third-order valence-electron chi connectivity index (χ3n) is 5.11. The highest BCUT2D eigenvalue weighted by molar-refractivity contribution is 5.92. The molecule has 3 rings (SSSR count). The molecule has 26 heavy (non-hydrogen) atoms. The quantitative estimate of drug-likeness (QED) is 0.861. The molecular formula is C20H26N4O2. The minimum absolute atomic E-state index is 0.0892. The molecule has 0 saturated heterocycles.